The summed E-state index contributed by atoms with van der Waals surface area (Å²) in [7, 11) is 0. The quantitative estimate of drug-likeness (QED) is 0.156. The van der Waals surface area contributed by atoms with Crippen molar-refractivity contribution >= 4 is 52.4 Å². The van der Waals surface area contributed by atoms with Gasteiger partial charge in [0, 0.05) is 36.5 Å². The van der Waals surface area contributed by atoms with Gasteiger partial charge in [-0.05, 0) is 65.6 Å². The molecule has 0 spiro atoms. The number of benzene rings is 3. The largest absolute Gasteiger partial charge is 0.492 e. The number of carbonyl (C=O) groups excluding carboxylic acids is 1. The van der Waals surface area contributed by atoms with Crippen LogP contribution in [0, 0.1) is 5.92 Å². The molecule has 3 aromatic carbocycles. The molecule has 4 aromatic rings. The van der Waals surface area contributed by atoms with Crippen LogP contribution in [0.1, 0.15) is 46.7 Å². The van der Waals surface area contributed by atoms with Crippen molar-refractivity contribution in [2.75, 3.05) is 18.1 Å². The van der Waals surface area contributed by atoms with Crippen LogP contribution in [0.4, 0.5) is 5.69 Å². The molecule has 10 heteroatoms. The fourth-order valence-corrected chi connectivity index (χ4v) is 6.13. The minimum Gasteiger partial charge on any atom is -0.492 e. The van der Waals surface area contributed by atoms with E-state index in [1.165, 1.54) is 5.56 Å². The van der Waals surface area contributed by atoms with E-state index in [-0.39, 0.29) is 11.5 Å². The van der Waals surface area contributed by atoms with Gasteiger partial charge in [-0.3, -0.25) is 9.48 Å². The minimum absolute atomic E-state index is 0.0617. The number of aromatic nitrogens is 2. The van der Waals surface area contributed by atoms with Crippen LogP contribution in [0.3, 0.4) is 0 Å². The minimum atomic E-state index is -0.953. The maximum atomic E-state index is 13.4. The predicted octanol–water partition coefficient (Wildman–Crippen LogP) is 7.57. The fourth-order valence-electron chi connectivity index (χ4n) is 5.54. The van der Waals surface area contributed by atoms with Gasteiger partial charge < -0.3 is 14.7 Å². The van der Waals surface area contributed by atoms with Crippen molar-refractivity contribution in [2.45, 2.75) is 31.7 Å². The summed E-state index contributed by atoms with van der Waals surface area (Å²) in [6, 6.07) is 16.1. The number of hydrogen-bond donors (Lipinski definition) is 1. The lowest BCUT2D eigenvalue weighted by atomic mass is 9.92. The molecule has 0 saturated heterocycles. The number of aromatic carboxylic acids is 1. The van der Waals surface area contributed by atoms with Gasteiger partial charge in [0.1, 0.15) is 5.75 Å². The van der Waals surface area contributed by atoms with Gasteiger partial charge >= 0.3 is 5.97 Å². The second-order valence-electron chi connectivity index (χ2n) is 10.4. The first kappa shape index (κ1) is 27.6. The molecule has 1 amide bonds. The highest BCUT2D eigenvalue weighted by Crippen LogP contribution is 2.57. The van der Waals surface area contributed by atoms with E-state index in [0.717, 1.165) is 35.3 Å². The predicted molar refractivity (Wildman–Crippen MR) is 160 cm³/mol. The molecule has 7 nitrogen and oxygen atoms in total. The summed E-state index contributed by atoms with van der Waals surface area (Å²) in [5.41, 5.74) is 5.32. The molecule has 1 aliphatic carbocycles. The summed E-state index contributed by atoms with van der Waals surface area (Å²) in [6.45, 7) is 1.51. The smallest absolute Gasteiger partial charge is 0.335 e. The average molecular weight is 611 g/mol. The van der Waals surface area contributed by atoms with Gasteiger partial charge in [0.05, 0.1) is 40.0 Å². The number of anilines is 1. The Bertz CT molecular complexity index is 1650. The molecule has 1 fully saturated rings. The van der Waals surface area contributed by atoms with Gasteiger partial charge in [-0.1, -0.05) is 59.1 Å². The number of ether oxygens (including phenoxy) is 1. The van der Waals surface area contributed by atoms with E-state index >= 15 is 0 Å². The second kappa shape index (κ2) is 11.4. The Kier molecular flexibility index (Phi) is 7.68. The molecule has 1 saturated carbocycles. The molecule has 2 heterocycles. The number of carboxylic acid groups (broad SMARTS) is 1. The third-order valence-electron chi connectivity index (χ3n) is 7.62. The van der Waals surface area contributed by atoms with E-state index in [1.807, 2.05) is 40.2 Å². The zero-order valence-corrected chi connectivity index (χ0v) is 24.2. The van der Waals surface area contributed by atoms with Crippen molar-refractivity contribution < 1.29 is 19.4 Å². The first-order chi connectivity index (χ1) is 19.8. The van der Waals surface area contributed by atoms with Crippen molar-refractivity contribution in [1.82, 2.24) is 9.78 Å². The zero-order valence-electron chi connectivity index (χ0n) is 21.9. The summed E-state index contributed by atoms with van der Waals surface area (Å²) in [6.07, 6.45) is 5.74. The van der Waals surface area contributed by atoms with Crippen LogP contribution in [-0.2, 0) is 11.3 Å². The van der Waals surface area contributed by atoms with E-state index < -0.39 is 5.97 Å². The molecular weight excluding hydrogens is 585 g/mol. The van der Waals surface area contributed by atoms with E-state index in [2.05, 4.69) is 11.2 Å². The van der Waals surface area contributed by atoms with Gasteiger partial charge in [-0.15, -0.1) is 0 Å². The molecule has 210 valence electrons. The lowest BCUT2D eigenvalue weighted by molar-refractivity contribution is -0.119. The number of nitrogens with zero attached hydrogens (tertiary/aromatic N) is 3. The fraction of sp³-hybridized carbons (Fsp3) is 0.258. The maximum Gasteiger partial charge on any atom is 0.335 e. The van der Waals surface area contributed by atoms with Crippen LogP contribution in [-0.4, -0.2) is 39.9 Å². The molecule has 2 aliphatic rings. The van der Waals surface area contributed by atoms with Crippen LogP contribution in [0.2, 0.25) is 15.1 Å². The van der Waals surface area contributed by atoms with E-state index in [4.69, 9.17) is 39.5 Å². The SMILES string of the molecule is O=C(O)c1cccc(Cn2cc(-c3cccc4c3[C@H]3C[C@H]3CN4C(=O)CCCOc3cc(Cl)c(Cl)cc3Cl)cn2)c1. The molecule has 1 N–H and O–H groups in total. The van der Waals surface area contributed by atoms with E-state index in [1.54, 1.807) is 30.3 Å². The lowest BCUT2D eigenvalue weighted by Gasteiger charge is -2.30. The summed E-state index contributed by atoms with van der Waals surface area (Å²) < 4.78 is 7.58. The van der Waals surface area contributed by atoms with E-state index in [9.17, 15) is 14.7 Å². The molecular formula is C31H26Cl3N3O4. The van der Waals surface area contributed by atoms with Crippen LogP contribution < -0.4 is 9.64 Å². The van der Waals surface area contributed by atoms with Crippen molar-refractivity contribution in [1.29, 1.82) is 0 Å². The molecule has 1 aromatic heterocycles. The molecule has 41 heavy (non-hydrogen) atoms. The number of halogens is 3. The van der Waals surface area contributed by atoms with Crippen molar-refractivity contribution in [3.63, 3.8) is 0 Å². The Morgan fingerprint density at radius 2 is 1.83 bits per heavy atom. The van der Waals surface area contributed by atoms with Crippen LogP contribution in [0.25, 0.3) is 11.1 Å². The van der Waals surface area contributed by atoms with Gasteiger partial charge in [-0.2, -0.15) is 5.10 Å². The second-order valence-corrected chi connectivity index (χ2v) is 11.6. The van der Waals surface area contributed by atoms with Crippen LogP contribution in [0.5, 0.6) is 5.75 Å². The Morgan fingerprint density at radius 3 is 2.66 bits per heavy atom. The summed E-state index contributed by atoms with van der Waals surface area (Å²) >= 11 is 18.3. The summed E-state index contributed by atoms with van der Waals surface area (Å²) in [5, 5.41) is 14.9. The normalized spacial score (nSPS) is 17.1. The van der Waals surface area contributed by atoms with Gasteiger partial charge in [0.25, 0.3) is 0 Å². The molecule has 6 rings (SSSR count). The third-order valence-corrected chi connectivity index (χ3v) is 8.63. The molecule has 0 bridgehead atoms. The average Bonchev–Trinajstić information content (AvgIpc) is 3.61. The monoisotopic (exact) mass is 609 g/mol. The van der Waals surface area contributed by atoms with Crippen LogP contribution in [0.15, 0.2) is 67.0 Å². The van der Waals surface area contributed by atoms with Crippen molar-refractivity contribution in [3.05, 3.63) is 98.7 Å². The number of fused-ring (bicyclic) bond motifs is 3. The van der Waals surface area contributed by atoms with Crippen molar-refractivity contribution in [3.8, 4) is 16.9 Å². The topological polar surface area (TPSA) is 84.7 Å². The number of carbonyl (C=O) groups is 2. The van der Waals surface area contributed by atoms with Crippen molar-refractivity contribution in [2.24, 2.45) is 5.92 Å². The standard InChI is InChI=1S/C31H26Cl3N3O4/c32-24-12-26(34)28(13-25(24)33)41-9-3-8-29(38)37-17-20-11-23(20)30-22(6-2-7-27(30)37)21-14-35-36(16-21)15-18-4-1-5-19(10-18)31(39)40/h1-2,4-7,10,12-14,16,20,23H,3,8-9,11,15,17H2,(H,39,40)/t20-,23-/m0/s1. The first-order valence-corrected chi connectivity index (χ1v) is 14.5. The zero-order chi connectivity index (χ0) is 28.7. The Labute approximate surface area is 252 Å². The Balaban J connectivity index is 1.15. The van der Waals surface area contributed by atoms with Gasteiger partial charge in [0.2, 0.25) is 5.91 Å². The highest BCUT2D eigenvalue weighted by atomic mass is 35.5. The first-order valence-electron chi connectivity index (χ1n) is 13.3. The Hall–Kier alpha value is -3.52. The molecule has 2 atom stereocenters. The summed E-state index contributed by atoms with van der Waals surface area (Å²) in [4.78, 5) is 26.6. The number of amides is 1. The number of carboxylic acids is 1. The van der Waals surface area contributed by atoms with Gasteiger partial charge in [-0.25, -0.2) is 4.79 Å². The Morgan fingerprint density at radius 1 is 1.02 bits per heavy atom. The highest BCUT2D eigenvalue weighted by Gasteiger charge is 2.47. The molecule has 0 unspecified atom stereocenters. The van der Waals surface area contributed by atoms with E-state index in [0.29, 0.717) is 58.6 Å². The molecule has 1 aliphatic heterocycles. The number of rotatable bonds is 9. The lowest BCUT2D eigenvalue weighted by Crippen LogP contribution is -2.36. The summed E-state index contributed by atoms with van der Waals surface area (Å²) in [5.74, 6) is 0.433. The number of hydrogen-bond acceptors (Lipinski definition) is 4. The highest BCUT2D eigenvalue weighted by molar-refractivity contribution is 6.43. The van der Waals surface area contributed by atoms with Crippen LogP contribution >= 0.6 is 34.8 Å². The third kappa shape index (κ3) is 5.80. The van der Waals surface area contributed by atoms with Gasteiger partial charge in [0.15, 0.2) is 0 Å². The maximum absolute atomic E-state index is 13.4. The molecule has 0 radical (unpaired) electrons.